The first-order valence-corrected chi connectivity index (χ1v) is 4.42. The summed E-state index contributed by atoms with van der Waals surface area (Å²) >= 11 is 3.66. The Morgan fingerprint density at radius 2 is 1.86 bits per heavy atom. The molecule has 0 amide bonds. The number of hydrogen-bond donors (Lipinski definition) is 2. The number of anilines is 1. The number of rotatable bonds is 1. The van der Waals surface area contributed by atoms with E-state index in [2.05, 4.69) is 12.5 Å². The molecule has 0 aliphatic rings. The molecule has 0 aliphatic heterocycles. The van der Waals surface area contributed by atoms with Crippen LogP contribution in [0.2, 0.25) is 6.82 Å². The number of Topliss-reactive ketones (excluding diaryl/α,β-unsaturated/α-hetero) is 1. The van der Waals surface area contributed by atoms with Crippen molar-refractivity contribution in [2.75, 3.05) is 5.73 Å². The number of hydrogen-bond acceptors (Lipinski definition) is 3. The molecule has 1 aromatic rings. The summed E-state index contributed by atoms with van der Waals surface area (Å²) < 4.78 is 0. The van der Waals surface area contributed by atoms with Crippen LogP contribution in [0.25, 0.3) is 0 Å². The topological polar surface area (TPSA) is 43.1 Å². The van der Waals surface area contributed by atoms with Gasteiger partial charge in [-0.25, -0.2) is 12.5 Å². The van der Waals surface area contributed by atoms with Crippen LogP contribution in [0, 0.1) is 31.1 Å². The van der Waals surface area contributed by atoms with Crippen LogP contribution in [-0.4, -0.2) is 12.3 Å². The summed E-state index contributed by atoms with van der Waals surface area (Å²) in [6.45, 7) is 5.06. The van der Waals surface area contributed by atoms with Gasteiger partial charge in [0.25, 0.3) is 0 Å². The van der Waals surface area contributed by atoms with Crippen LogP contribution in [-0.2, 0) is 0 Å². The van der Waals surface area contributed by atoms with E-state index < -0.39 is 0 Å². The first-order valence-electron chi connectivity index (χ1n) is 3.91. The molecule has 0 bridgehead atoms. The van der Waals surface area contributed by atoms with Gasteiger partial charge in [0, 0.05) is 42.4 Å². The molecule has 0 fully saturated rings. The zero-order valence-corrected chi connectivity index (χ0v) is 13.4. The third-order valence-corrected chi connectivity index (χ3v) is 1.34. The molecular formula is C9H13BNOSU. The van der Waals surface area contributed by atoms with E-state index in [9.17, 15) is 4.79 Å². The first kappa shape index (κ1) is 16.6. The van der Waals surface area contributed by atoms with Gasteiger partial charge in [-0.1, -0.05) is 19.0 Å². The second-order valence-electron chi connectivity index (χ2n) is 2.40. The average molecular weight is 432 g/mol. The third-order valence-electron chi connectivity index (χ3n) is 1.34. The van der Waals surface area contributed by atoms with Crippen LogP contribution in [0.15, 0.2) is 24.3 Å². The Kier molecular flexibility index (Phi) is 11.5. The molecular weight excluding hydrogens is 419 g/mol. The van der Waals surface area contributed by atoms with Crippen molar-refractivity contribution in [3.05, 3.63) is 29.8 Å². The molecule has 73 valence electrons. The van der Waals surface area contributed by atoms with Gasteiger partial charge >= 0.3 is 0 Å². The molecule has 1 aromatic carbocycles. The van der Waals surface area contributed by atoms with Gasteiger partial charge in [-0.15, -0.1) is 0 Å². The van der Waals surface area contributed by atoms with Crippen molar-refractivity contribution in [1.29, 1.82) is 0 Å². The van der Waals surface area contributed by atoms with Crippen molar-refractivity contribution < 1.29 is 35.9 Å². The van der Waals surface area contributed by atoms with Crippen LogP contribution >= 0.6 is 12.5 Å². The van der Waals surface area contributed by atoms with Gasteiger partial charge in [-0.05, 0) is 19.1 Å². The molecule has 0 unspecified atom stereocenters. The Balaban J connectivity index is 0. The molecule has 2 N–H and O–H groups in total. The average Bonchev–Trinajstić information content (AvgIpc) is 2.06. The van der Waals surface area contributed by atoms with Crippen molar-refractivity contribution >= 4 is 30.5 Å². The maximum absolute atomic E-state index is 10.8. The summed E-state index contributed by atoms with van der Waals surface area (Å²) in [4.78, 5) is 10.8. The number of thiol groups is 1. The minimum Gasteiger partial charge on any atom is -0.398 e. The van der Waals surface area contributed by atoms with E-state index in [0.717, 1.165) is 0 Å². The fourth-order valence-corrected chi connectivity index (χ4v) is 0.818. The van der Waals surface area contributed by atoms with Crippen molar-refractivity contribution in [3.63, 3.8) is 0 Å². The fourth-order valence-electron chi connectivity index (χ4n) is 0.818. The Morgan fingerprint density at radius 1 is 1.43 bits per heavy atom. The van der Waals surface area contributed by atoms with Crippen LogP contribution in [0.1, 0.15) is 17.3 Å². The van der Waals surface area contributed by atoms with E-state index in [1.54, 1.807) is 24.8 Å². The van der Waals surface area contributed by atoms with Crippen molar-refractivity contribution in [3.8, 4) is 0 Å². The molecule has 2 nitrogen and oxygen atoms in total. The number of carbonyl (C=O) groups excluding carboxylic acids is 1. The third kappa shape index (κ3) is 6.59. The molecule has 14 heavy (non-hydrogen) atoms. The van der Waals surface area contributed by atoms with E-state index >= 15 is 0 Å². The Morgan fingerprint density at radius 3 is 2.14 bits per heavy atom. The minimum atomic E-state index is 0. The Hall–Kier alpha value is 0.157. The quantitative estimate of drug-likeness (QED) is 0.309. The van der Waals surface area contributed by atoms with Crippen LogP contribution < -0.4 is 5.73 Å². The largest absolute Gasteiger partial charge is 0.398 e. The van der Waals surface area contributed by atoms with Crippen LogP contribution in [0.4, 0.5) is 5.69 Å². The molecule has 1 radical (unpaired) electrons. The van der Waals surface area contributed by atoms with Gasteiger partial charge in [0.05, 0.1) is 0 Å². The molecule has 0 aromatic heterocycles. The molecule has 0 heterocycles. The zero-order valence-electron chi connectivity index (χ0n) is 8.32. The summed E-state index contributed by atoms with van der Waals surface area (Å²) in [7, 11) is 0. The first-order chi connectivity index (χ1) is 6.13. The van der Waals surface area contributed by atoms with Crippen molar-refractivity contribution in [2.24, 2.45) is 0 Å². The van der Waals surface area contributed by atoms with Gasteiger partial charge in [0.15, 0.2) is 12.3 Å². The standard InChI is InChI=1S/C8H9NO.CH4BS.U/c1-6(10)7-4-2-3-5-8(7)9;1-2-3;/h2-5H,9H2,1H3;3H,1H3;. The van der Waals surface area contributed by atoms with Gasteiger partial charge in [-0.3, -0.25) is 4.79 Å². The number of carbonyl (C=O) groups is 1. The SMILES string of the molecule is CC(=O)c1ccccc1N.C[B]S.[U]. The fraction of sp³-hybridized carbons (Fsp3) is 0.222. The molecule has 0 spiro atoms. The number of nitrogen functional groups attached to an aromatic ring is 1. The molecule has 0 atom stereocenters. The predicted molar refractivity (Wildman–Crippen MR) is 61.5 cm³/mol. The van der Waals surface area contributed by atoms with E-state index in [-0.39, 0.29) is 36.9 Å². The van der Waals surface area contributed by atoms with Gasteiger partial charge < -0.3 is 5.73 Å². The maximum atomic E-state index is 10.8. The zero-order chi connectivity index (χ0) is 10.3. The summed E-state index contributed by atoms with van der Waals surface area (Å²) in [5.41, 5.74) is 6.65. The normalized spacial score (nSPS) is 7.64. The summed E-state index contributed by atoms with van der Waals surface area (Å²) in [6.07, 6.45) is 0. The minimum absolute atomic E-state index is 0. The number of para-hydroxylation sites is 1. The second kappa shape index (κ2) is 9.70. The van der Waals surface area contributed by atoms with E-state index in [0.29, 0.717) is 11.3 Å². The van der Waals surface area contributed by atoms with E-state index in [1.165, 1.54) is 6.92 Å². The van der Waals surface area contributed by atoms with E-state index in [4.69, 9.17) is 5.73 Å². The molecule has 0 saturated carbocycles. The van der Waals surface area contributed by atoms with Gasteiger partial charge in [0.2, 0.25) is 0 Å². The number of benzene rings is 1. The van der Waals surface area contributed by atoms with E-state index in [1.807, 2.05) is 12.9 Å². The van der Waals surface area contributed by atoms with Crippen LogP contribution in [0.5, 0.6) is 0 Å². The van der Waals surface area contributed by atoms with Crippen molar-refractivity contribution in [2.45, 2.75) is 13.7 Å². The summed E-state index contributed by atoms with van der Waals surface area (Å²) in [5, 5.41) is 0. The van der Waals surface area contributed by atoms with Crippen molar-refractivity contribution in [1.82, 2.24) is 0 Å². The van der Waals surface area contributed by atoms with Gasteiger partial charge in [-0.2, -0.15) is 0 Å². The molecule has 5 heteroatoms. The molecule has 0 aliphatic carbocycles. The monoisotopic (exact) mass is 432 g/mol. The molecule has 1 rings (SSSR count). The van der Waals surface area contributed by atoms with Gasteiger partial charge in [0.1, 0.15) is 0 Å². The Bertz CT molecular complexity index is 283. The predicted octanol–water partition coefficient (Wildman–Crippen LogP) is 2.05. The summed E-state index contributed by atoms with van der Waals surface area (Å²) in [5.74, 6) is 0.0121. The second-order valence-corrected chi connectivity index (χ2v) is 2.92. The Labute approximate surface area is 115 Å². The number of nitrogens with two attached hydrogens (primary N) is 1. The summed E-state index contributed by atoms with van der Waals surface area (Å²) in [6, 6.07) is 7.04. The smallest absolute Gasteiger partial charge is 0.183 e. The number of ketones is 1. The maximum Gasteiger partial charge on any atom is 0.183 e. The molecule has 0 saturated heterocycles. The van der Waals surface area contributed by atoms with Crippen LogP contribution in [0.3, 0.4) is 0 Å².